The molecule has 0 aromatic heterocycles. The largest absolute Gasteiger partial charge is 0.381 e. The fourth-order valence-electron chi connectivity index (χ4n) is 2.01. The summed E-state index contributed by atoms with van der Waals surface area (Å²) in [5, 5.41) is 0. The molecule has 1 fully saturated rings. The molecular formula is C10H21NO. The van der Waals surface area contributed by atoms with E-state index in [1.54, 1.807) is 0 Å². The highest BCUT2D eigenvalue weighted by Crippen LogP contribution is 2.23. The summed E-state index contributed by atoms with van der Waals surface area (Å²) in [6.07, 6.45) is 2.52. The van der Waals surface area contributed by atoms with Gasteiger partial charge in [-0.2, -0.15) is 0 Å². The van der Waals surface area contributed by atoms with E-state index in [0.29, 0.717) is 0 Å². The molecule has 0 amide bonds. The van der Waals surface area contributed by atoms with Crippen LogP contribution >= 0.6 is 0 Å². The first-order valence-corrected chi connectivity index (χ1v) is 4.92. The molecule has 2 heteroatoms. The van der Waals surface area contributed by atoms with Crippen LogP contribution in [0.4, 0.5) is 0 Å². The minimum Gasteiger partial charge on any atom is -0.381 e. The zero-order valence-electron chi connectivity index (χ0n) is 8.55. The van der Waals surface area contributed by atoms with Crippen molar-refractivity contribution >= 4 is 0 Å². The van der Waals surface area contributed by atoms with Crippen LogP contribution in [-0.2, 0) is 4.74 Å². The van der Waals surface area contributed by atoms with Crippen LogP contribution in [0.3, 0.4) is 0 Å². The first kappa shape index (κ1) is 10.0. The van der Waals surface area contributed by atoms with Crippen molar-refractivity contribution in [2.45, 2.75) is 19.8 Å². The van der Waals surface area contributed by atoms with Gasteiger partial charge in [0.25, 0.3) is 0 Å². The Kier molecular flexibility index (Phi) is 4.02. The highest BCUT2D eigenvalue weighted by Gasteiger charge is 2.20. The van der Waals surface area contributed by atoms with Crippen LogP contribution in [-0.4, -0.2) is 38.8 Å². The quantitative estimate of drug-likeness (QED) is 0.639. The van der Waals surface area contributed by atoms with Crippen molar-refractivity contribution in [3.8, 4) is 0 Å². The Balaban J connectivity index is 2.24. The fraction of sp³-hybridized carbons (Fsp3) is 1.00. The first-order chi connectivity index (χ1) is 5.70. The second kappa shape index (κ2) is 4.83. The van der Waals surface area contributed by atoms with Crippen LogP contribution in [0.2, 0.25) is 0 Å². The second-order valence-corrected chi connectivity index (χ2v) is 4.19. The topological polar surface area (TPSA) is 12.5 Å². The maximum atomic E-state index is 5.34. The molecule has 0 aromatic carbocycles. The number of nitrogens with zero attached hydrogens (tertiary/aromatic N) is 1. The number of ether oxygens (including phenoxy) is 1. The monoisotopic (exact) mass is 171 g/mol. The molecule has 0 aliphatic carbocycles. The van der Waals surface area contributed by atoms with Gasteiger partial charge in [-0.15, -0.1) is 0 Å². The molecule has 0 radical (unpaired) electrons. The van der Waals surface area contributed by atoms with Crippen LogP contribution in [0.25, 0.3) is 0 Å². The van der Waals surface area contributed by atoms with Crippen LogP contribution in [0, 0.1) is 11.8 Å². The molecule has 12 heavy (non-hydrogen) atoms. The van der Waals surface area contributed by atoms with E-state index in [2.05, 4.69) is 25.9 Å². The van der Waals surface area contributed by atoms with Gasteiger partial charge in [-0.05, 0) is 38.8 Å². The van der Waals surface area contributed by atoms with Crippen molar-refractivity contribution in [2.24, 2.45) is 11.8 Å². The number of hydrogen-bond acceptors (Lipinski definition) is 2. The highest BCUT2D eigenvalue weighted by atomic mass is 16.5. The Labute approximate surface area is 75.9 Å². The van der Waals surface area contributed by atoms with Crippen molar-refractivity contribution in [3.05, 3.63) is 0 Å². The van der Waals surface area contributed by atoms with E-state index >= 15 is 0 Å². The van der Waals surface area contributed by atoms with E-state index < -0.39 is 0 Å². The summed E-state index contributed by atoms with van der Waals surface area (Å²) in [4.78, 5) is 2.28. The van der Waals surface area contributed by atoms with E-state index in [1.807, 2.05) is 0 Å². The van der Waals surface area contributed by atoms with E-state index in [0.717, 1.165) is 25.0 Å². The van der Waals surface area contributed by atoms with E-state index in [1.165, 1.54) is 19.4 Å². The van der Waals surface area contributed by atoms with Crippen molar-refractivity contribution < 1.29 is 4.74 Å². The van der Waals surface area contributed by atoms with Gasteiger partial charge in [-0.1, -0.05) is 6.92 Å². The molecule has 1 unspecified atom stereocenters. The summed E-state index contributed by atoms with van der Waals surface area (Å²) < 4.78 is 5.34. The summed E-state index contributed by atoms with van der Waals surface area (Å²) in [5.74, 6) is 1.71. The predicted molar refractivity (Wildman–Crippen MR) is 51.3 cm³/mol. The molecule has 0 spiro atoms. The summed E-state index contributed by atoms with van der Waals surface area (Å²) in [6.45, 7) is 5.52. The third kappa shape index (κ3) is 3.11. The zero-order chi connectivity index (χ0) is 8.97. The third-order valence-corrected chi connectivity index (χ3v) is 2.72. The average Bonchev–Trinajstić information content (AvgIpc) is 2.05. The number of rotatable bonds is 3. The van der Waals surface area contributed by atoms with Crippen molar-refractivity contribution in [1.29, 1.82) is 0 Å². The Morgan fingerprint density at radius 1 is 1.33 bits per heavy atom. The Hall–Kier alpha value is -0.0800. The smallest absolute Gasteiger partial charge is 0.0468 e. The molecule has 72 valence electrons. The Bertz CT molecular complexity index is 119. The molecular weight excluding hydrogens is 150 g/mol. The van der Waals surface area contributed by atoms with Gasteiger partial charge < -0.3 is 9.64 Å². The maximum Gasteiger partial charge on any atom is 0.0468 e. The predicted octanol–water partition coefficient (Wildman–Crippen LogP) is 1.61. The number of hydrogen-bond donors (Lipinski definition) is 0. The molecule has 2 nitrogen and oxygen atoms in total. The standard InChI is InChI=1S/C10H21NO/c1-9(8-11(2)3)10-4-6-12-7-5-10/h9-10H,4-8H2,1-3H3. The van der Waals surface area contributed by atoms with Crippen LogP contribution in [0.15, 0.2) is 0 Å². The summed E-state index contributed by atoms with van der Waals surface area (Å²) in [7, 11) is 4.30. The summed E-state index contributed by atoms with van der Waals surface area (Å²) in [6, 6.07) is 0. The molecule has 1 rings (SSSR count). The summed E-state index contributed by atoms with van der Waals surface area (Å²) >= 11 is 0. The normalized spacial score (nSPS) is 23.0. The first-order valence-electron chi connectivity index (χ1n) is 4.92. The molecule has 0 N–H and O–H groups in total. The Morgan fingerprint density at radius 3 is 2.42 bits per heavy atom. The van der Waals surface area contributed by atoms with Gasteiger partial charge >= 0.3 is 0 Å². The van der Waals surface area contributed by atoms with Gasteiger partial charge in [0, 0.05) is 19.8 Å². The van der Waals surface area contributed by atoms with Crippen molar-refractivity contribution in [2.75, 3.05) is 33.9 Å². The third-order valence-electron chi connectivity index (χ3n) is 2.72. The second-order valence-electron chi connectivity index (χ2n) is 4.19. The van der Waals surface area contributed by atoms with Gasteiger partial charge in [0.1, 0.15) is 0 Å². The van der Waals surface area contributed by atoms with Crippen LogP contribution in [0.1, 0.15) is 19.8 Å². The minimum absolute atomic E-state index is 0.823. The summed E-state index contributed by atoms with van der Waals surface area (Å²) in [5.41, 5.74) is 0. The highest BCUT2D eigenvalue weighted by molar-refractivity contribution is 4.71. The van der Waals surface area contributed by atoms with Crippen LogP contribution < -0.4 is 0 Å². The lowest BCUT2D eigenvalue weighted by Gasteiger charge is -2.29. The lowest BCUT2D eigenvalue weighted by atomic mass is 9.87. The van der Waals surface area contributed by atoms with Gasteiger partial charge in [0.15, 0.2) is 0 Å². The lowest BCUT2D eigenvalue weighted by molar-refractivity contribution is 0.0451. The van der Waals surface area contributed by atoms with E-state index in [9.17, 15) is 0 Å². The van der Waals surface area contributed by atoms with E-state index in [4.69, 9.17) is 4.74 Å². The molecule has 0 bridgehead atoms. The van der Waals surface area contributed by atoms with Gasteiger partial charge in [-0.25, -0.2) is 0 Å². The Morgan fingerprint density at radius 2 is 1.92 bits per heavy atom. The average molecular weight is 171 g/mol. The molecule has 1 aliphatic rings. The van der Waals surface area contributed by atoms with Gasteiger partial charge in [-0.3, -0.25) is 0 Å². The SMILES string of the molecule is CC(CN(C)C)C1CCOCC1. The van der Waals surface area contributed by atoms with Crippen LogP contribution in [0.5, 0.6) is 0 Å². The van der Waals surface area contributed by atoms with Gasteiger partial charge in [0.2, 0.25) is 0 Å². The molecule has 1 atom stereocenters. The molecule has 0 saturated carbocycles. The molecule has 1 saturated heterocycles. The lowest BCUT2D eigenvalue weighted by Crippen LogP contribution is -2.29. The van der Waals surface area contributed by atoms with Gasteiger partial charge in [0.05, 0.1) is 0 Å². The maximum absolute atomic E-state index is 5.34. The zero-order valence-corrected chi connectivity index (χ0v) is 8.55. The molecule has 1 heterocycles. The van der Waals surface area contributed by atoms with Crippen molar-refractivity contribution in [1.82, 2.24) is 4.90 Å². The fourth-order valence-corrected chi connectivity index (χ4v) is 2.01. The minimum atomic E-state index is 0.823. The van der Waals surface area contributed by atoms with Crippen molar-refractivity contribution in [3.63, 3.8) is 0 Å². The van der Waals surface area contributed by atoms with E-state index in [-0.39, 0.29) is 0 Å². The molecule has 1 aliphatic heterocycles. The molecule has 0 aromatic rings.